The van der Waals surface area contributed by atoms with Crippen LogP contribution in [-0.4, -0.2) is 33.0 Å². The Morgan fingerprint density at radius 2 is 1.70 bits per heavy atom. The molecular formula is C24H30N4O2. The molecule has 0 spiro atoms. The number of anilines is 1. The lowest BCUT2D eigenvalue weighted by molar-refractivity contribution is -0.116. The molecule has 1 fully saturated rings. The Morgan fingerprint density at radius 3 is 2.47 bits per heavy atom. The van der Waals surface area contributed by atoms with Gasteiger partial charge in [0.05, 0.1) is 11.0 Å². The van der Waals surface area contributed by atoms with Gasteiger partial charge in [-0.05, 0) is 43.7 Å². The molecule has 30 heavy (non-hydrogen) atoms. The Labute approximate surface area is 177 Å². The molecule has 1 heterocycles. The molecule has 0 atom stereocenters. The van der Waals surface area contributed by atoms with Crippen LogP contribution in [0.1, 0.15) is 37.7 Å². The van der Waals surface area contributed by atoms with Crippen LogP contribution >= 0.6 is 0 Å². The number of benzene rings is 2. The van der Waals surface area contributed by atoms with Gasteiger partial charge >= 0.3 is 5.69 Å². The Kier molecular flexibility index (Phi) is 6.04. The molecule has 1 aromatic heterocycles. The zero-order chi connectivity index (χ0) is 21.1. The lowest BCUT2D eigenvalue weighted by Gasteiger charge is -2.31. The number of aromatic nitrogens is 2. The molecule has 1 N–H and O–H groups in total. The summed E-state index contributed by atoms with van der Waals surface area (Å²) >= 11 is 0. The maximum Gasteiger partial charge on any atom is 0.329 e. The third-order valence-electron chi connectivity index (χ3n) is 6.26. The van der Waals surface area contributed by atoms with Gasteiger partial charge in [-0.25, -0.2) is 4.79 Å². The zero-order valence-corrected chi connectivity index (χ0v) is 17.8. The van der Waals surface area contributed by atoms with Crippen molar-refractivity contribution in [2.24, 2.45) is 7.05 Å². The van der Waals surface area contributed by atoms with Crippen LogP contribution in [-0.2, 0) is 24.9 Å². The Morgan fingerprint density at radius 1 is 1.03 bits per heavy atom. The number of fused-ring (bicyclic) bond motifs is 1. The largest absolute Gasteiger partial charge is 0.329 e. The number of aryl methyl sites for hydroxylation is 1. The van der Waals surface area contributed by atoms with Crippen LogP contribution in [0.4, 0.5) is 5.69 Å². The van der Waals surface area contributed by atoms with E-state index in [1.165, 1.54) is 36.7 Å². The lowest BCUT2D eigenvalue weighted by Crippen LogP contribution is -2.33. The molecule has 1 saturated carbocycles. The molecule has 158 valence electrons. The maximum absolute atomic E-state index is 12.8. The number of hydrogen-bond acceptors (Lipinski definition) is 3. The van der Waals surface area contributed by atoms with E-state index in [0.29, 0.717) is 6.04 Å². The Hall–Kier alpha value is -2.86. The average Bonchev–Trinajstić information content (AvgIpc) is 3.01. The molecule has 0 aliphatic heterocycles. The van der Waals surface area contributed by atoms with Gasteiger partial charge in [-0.15, -0.1) is 0 Å². The van der Waals surface area contributed by atoms with Gasteiger partial charge in [-0.3, -0.25) is 18.8 Å². The monoisotopic (exact) mass is 406 g/mol. The summed E-state index contributed by atoms with van der Waals surface area (Å²) < 4.78 is 3.11. The van der Waals surface area contributed by atoms with Gasteiger partial charge in [0.2, 0.25) is 5.91 Å². The van der Waals surface area contributed by atoms with E-state index in [2.05, 4.69) is 23.3 Å². The van der Waals surface area contributed by atoms with Crippen molar-refractivity contribution in [2.45, 2.75) is 51.2 Å². The van der Waals surface area contributed by atoms with E-state index in [4.69, 9.17) is 0 Å². The summed E-state index contributed by atoms with van der Waals surface area (Å²) in [4.78, 5) is 27.8. The fraction of sp³-hybridized carbons (Fsp3) is 0.417. The standard InChI is InChI=1S/C24H30N4O2/c1-26(19-11-4-3-5-12-19)16-18-10-6-7-13-20(18)25-23(29)17-28-22-15-9-8-14-21(22)27(2)24(28)30/h6-10,13-15,19H,3-5,11-12,16-17H2,1-2H3,(H,25,29). The molecule has 0 bridgehead atoms. The molecule has 0 saturated heterocycles. The van der Waals surface area contributed by atoms with Crippen LogP contribution < -0.4 is 11.0 Å². The first-order valence-electron chi connectivity index (χ1n) is 10.8. The highest BCUT2D eigenvalue weighted by Crippen LogP contribution is 2.25. The molecule has 2 aromatic carbocycles. The quantitative estimate of drug-likeness (QED) is 0.678. The summed E-state index contributed by atoms with van der Waals surface area (Å²) in [6, 6.07) is 16.1. The fourth-order valence-corrected chi connectivity index (χ4v) is 4.55. The van der Waals surface area contributed by atoms with E-state index in [1.807, 2.05) is 42.5 Å². The van der Waals surface area contributed by atoms with Crippen molar-refractivity contribution in [3.8, 4) is 0 Å². The number of imidazole rings is 1. The van der Waals surface area contributed by atoms with E-state index < -0.39 is 0 Å². The molecule has 0 unspecified atom stereocenters. The third kappa shape index (κ3) is 4.19. The van der Waals surface area contributed by atoms with Crippen LogP contribution in [0.3, 0.4) is 0 Å². The van der Waals surface area contributed by atoms with E-state index in [9.17, 15) is 9.59 Å². The number of nitrogens with zero attached hydrogens (tertiary/aromatic N) is 3. The molecule has 1 aliphatic rings. The highest BCUT2D eigenvalue weighted by Gasteiger charge is 2.19. The van der Waals surface area contributed by atoms with Crippen molar-refractivity contribution in [3.05, 3.63) is 64.6 Å². The highest BCUT2D eigenvalue weighted by atomic mass is 16.2. The van der Waals surface area contributed by atoms with Gasteiger partial charge in [0.15, 0.2) is 0 Å². The van der Waals surface area contributed by atoms with Crippen molar-refractivity contribution in [1.29, 1.82) is 0 Å². The van der Waals surface area contributed by atoms with E-state index in [1.54, 1.807) is 11.6 Å². The molecule has 0 radical (unpaired) electrons. The first-order valence-corrected chi connectivity index (χ1v) is 10.8. The number of nitrogens with one attached hydrogen (secondary N) is 1. The molecule has 1 amide bonds. The van der Waals surface area contributed by atoms with Crippen LogP contribution in [0, 0.1) is 0 Å². The second kappa shape index (κ2) is 8.88. The summed E-state index contributed by atoms with van der Waals surface area (Å²) in [5, 5.41) is 3.03. The summed E-state index contributed by atoms with van der Waals surface area (Å²) in [7, 11) is 3.90. The number of hydrogen-bond donors (Lipinski definition) is 1. The van der Waals surface area contributed by atoms with Crippen LogP contribution in [0.5, 0.6) is 0 Å². The Balaban J connectivity index is 1.49. The van der Waals surface area contributed by atoms with E-state index in [-0.39, 0.29) is 18.1 Å². The van der Waals surface area contributed by atoms with E-state index >= 15 is 0 Å². The number of carbonyl (C=O) groups is 1. The topological polar surface area (TPSA) is 59.3 Å². The second-order valence-electron chi connectivity index (χ2n) is 8.33. The predicted octanol–water partition coefficient (Wildman–Crippen LogP) is 3.74. The predicted molar refractivity (Wildman–Crippen MR) is 121 cm³/mol. The van der Waals surface area contributed by atoms with Gasteiger partial charge in [0, 0.05) is 25.3 Å². The van der Waals surface area contributed by atoms with Crippen molar-refractivity contribution >= 4 is 22.6 Å². The zero-order valence-electron chi connectivity index (χ0n) is 17.8. The van der Waals surface area contributed by atoms with Crippen molar-refractivity contribution in [3.63, 3.8) is 0 Å². The molecular weight excluding hydrogens is 376 g/mol. The first kappa shape index (κ1) is 20.4. The fourth-order valence-electron chi connectivity index (χ4n) is 4.55. The molecule has 1 aliphatic carbocycles. The molecule has 6 nitrogen and oxygen atoms in total. The number of amides is 1. The van der Waals surface area contributed by atoms with Crippen LogP contribution in [0.25, 0.3) is 11.0 Å². The van der Waals surface area contributed by atoms with Gasteiger partial charge in [-0.2, -0.15) is 0 Å². The maximum atomic E-state index is 12.8. The SMILES string of the molecule is CN(Cc1ccccc1NC(=O)Cn1c(=O)n(C)c2ccccc21)C1CCCCC1. The minimum absolute atomic E-state index is 0.00696. The van der Waals surface area contributed by atoms with Gasteiger partial charge < -0.3 is 5.32 Å². The van der Waals surface area contributed by atoms with Gasteiger partial charge in [0.1, 0.15) is 6.54 Å². The number of rotatable bonds is 6. The smallest absolute Gasteiger partial charge is 0.324 e. The first-order chi connectivity index (χ1) is 14.5. The summed E-state index contributed by atoms with van der Waals surface area (Å²) in [5.74, 6) is -0.193. The van der Waals surface area contributed by atoms with Crippen LogP contribution in [0.15, 0.2) is 53.3 Å². The minimum Gasteiger partial charge on any atom is -0.324 e. The highest BCUT2D eigenvalue weighted by molar-refractivity contribution is 5.92. The number of carbonyl (C=O) groups excluding carboxylic acids is 1. The summed E-state index contributed by atoms with van der Waals surface area (Å²) in [6.07, 6.45) is 6.43. The summed E-state index contributed by atoms with van der Waals surface area (Å²) in [6.45, 7) is 0.794. The van der Waals surface area contributed by atoms with Crippen molar-refractivity contribution < 1.29 is 4.79 Å². The van der Waals surface area contributed by atoms with Crippen LogP contribution in [0.2, 0.25) is 0 Å². The van der Waals surface area contributed by atoms with Crippen molar-refractivity contribution in [1.82, 2.24) is 14.0 Å². The van der Waals surface area contributed by atoms with Gasteiger partial charge in [-0.1, -0.05) is 49.6 Å². The van der Waals surface area contributed by atoms with Crippen molar-refractivity contribution in [2.75, 3.05) is 12.4 Å². The molecule has 6 heteroatoms. The number of para-hydroxylation sites is 3. The third-order valence-corrected chi connectivity index (χ3v) is 6.26. The Bertz CT molecular complexity index is 1090. The lowest BCUT2D eigenvalue weighted by atomic mass is 9.94. The minimum atomic E-state index is -0.193. The average molecular weight is 407 g/mol. The summed E-state index contributed by atoms with van der Waals surface area (Å²) in [5.41, 5.74) is 3.33. The normalized spacial score (nSPS) is 15.0. The van der Waals surface area contributed by atoms with E-state index in [0.717, 1.165) is 28.8 Å². The molecule has 4 rings (SSSR count). The van der Waals surface area contributed by atoms with Gasteiger partial charge in [0.25, 0.3) is 0 Å². The second-order valence-corrected chi connectivity index (χ2v) is 8.33. The molecule has 3 aromatic rings.